The molecule has 0 amide bonds. The molecule has 0 aliphatic carbocycles. The van der Waals surface area contributed by atoms with E-state index in [9.17, 15) is 0 Å². The highest BCUT2D eigenvalue weighted by molar-refractivity contribution is 6.25. The zero-order valence-corrected chi connectivity index (χ0v) is 26.9. The van der Waals surface area contributed by atoms with Crippen molar-refractivity contribution in [3.63, 3.8) is 0 Å². The molecule has 8 aromatic carbocycles. The van der Waals surface area contributed by atoms with E-state index >= 15 is 0 Å². The maximum Gasteiger partial charge on any atom is -0.00251 e. The van der Waals surface area contributed by atoms with Crippen LogP contribution in [0.2, 0.25) is 0 Å². The summed E-state index contributed by atoms with van der Waals surface area (Å²) in [5, 5.41) is 7.88. The summed E-state index contributed by atoms with van der Waals surface area (Å²) >= 11 is 0. The maximum atomic E-state index is 2.42. The van der Waals surface area contributed by atoms with Gasteiger partial charge in [0.25, 0.3) is 0 Å². The highest BCUT2D eigenvalue weighted by Crippen LogP contribution is 2.37. The summed E-state index contributed by atoms with van der Waals surface area (Å²) in [5.41, 5.74) is 12.6. The van der Waals surface area contributed by atoms with Gasteiger partial charge in [0.2, 0.25) is 0 Å². The van der Waals surface area contributed by atoms with E-state index in [0.717, 1.165) is 6.42 Å². The van der Waals surface area contributed by atoms with Crippen molar-refractivity contribution < 1.29 is 0 Å². The Morgan fingerprint density at radius 2 is 0.872 bits per heavy atom. The monoisotopic (exact) mass is 600 g/mol. The number of allylic oxidation sites excluding steroid dienone is 2. The topological polar surface area (TPSA) is 0 Å². The smallest absolute Gasteiger partial charge is 0.00251 e. The molecule has 0 aliphatic heterocycles. The van der Waals surface area contributed by atoms with Crippen LogP contribution >= 0.6 is 0 Å². The molecule has 0 unspecified atom stereocenters. The summed E-state index contributed by atoms with van der Waals surface area (Å²) in [6, 6.07) is 60.4. The van der Waals surface area contributed by atoms with Gasteiger partial charge in [-0.05, 0) is 126 Å². The molecule has 0 saturated carbocycles. The highest BCUT2D eigenvalue weighted by Gasteiger charge is 2.12. The summed E-state index contributed by atoms with van der Waals surface area (Å²) in [6.07, 6.45) is 3.03. The van der Waals surface area contributed by atoms with Gasteiger partial charge in [0.05, 0.1) is 0 Å². The summed E-state index contributed by atoms with van der Waals surface area (Å²) < 4.78 is 0. The van der Waals surface area contributed by atoms with Gasteiger partial charge in [0.1, 0.15) is 0 Å². The average Bonchev–Trinajstić information content (AvgIpc) is 3.15. The molecule has 0 bridgehead atoms. The predicted molar refractivity (Wildman–Crippen MR) is 204 cm³/mol. The summed E-state index contributed by atoms with van der Waals surface area (Å²) in [4.78, 5) is 0. The molecule has 0 fully saturated rings. The lowest BCUT2D eigenvalue weighted by molar-refractivity contribution is 1.20. The van der Waals surface area contributed by atoms with Crippen molar-refractivity contribution in [3.05, 3.63) is 187 Å². The zero-order valence-electron chi connectivity index (χ0n) is 26.9. The van der Waals surface area contributed by atoms with E-state index in [1.807, 2.05) is 0 Å². The first-order chi connectivity index (χ1) is 23.1. The molecule has 0 atom stereocenters. The molecule has 8 aromatic rings. The van der Waals surface area contributed by atoms with Crippen molar-refractivity contribution in [1.82, 2.24) is 0 Å². The lowest BCUT2D eigenvalue weighted by atomic mass is 9.90. The largest absolute Gasteiger partial charge is 0.0841 e. The van der Waals surface area contributed by atoms with Crippen molar-refractivity contribution in [1.29, 1.82) is 0 Å². The summed E-state index contributed by atoms with van der Waals surface area (Å²) in [7, 11) is 0. The molecule has 0 heteroatoms. The standard InChI is InChI=1S/C47H36/c1-3-32(2)36-15-11-17-38(29-36)40-26-34(27-41(31-40)39-18-12-16-37(30-39)35-13-5-4-6-14-35)25-33-23-24-46-44-21-8-7-19-42(44)43-20-9-10-22-45(43)47(46)28-33/h3-24,26-31H,25H2,1-2H3. The Bertz CT molecular complexity index is 2410. The Morgan fingerprint density at radius 3 is 1.51 bits per heavy atom. The van der Waals surface area contributed by atoms with Gasteiger partial charge in [0, 0.05) is 0 Å². The SMILES string of the molecule is CC=C(C)c1cccc(-c2cc(Cc3ccc4c5ccccc5c5ccccc5c4c3)cc(-c3cccc(-c4ccccc4)c3)c2)c1. The van der Waals surface area contributed by atoms with Gasteiger partial charge >= 0.3 is 0 Å². The van der Waals surface area contributed by atoms with Crippen LogP contribution in [0.15, 0.2) is 170 Å². The van der Waals surface area contributed by atoms with E-state index in [0.29, 0.717) is 0 Å². The van der Waals surface area contributed by atoms with E-state index in [-0.39, 0.29) is 0 Å². The highest BCUT2D eigenvalue weighted by atomic mass is 14.2. The average molecular weight is 601 g/mol. The van der Waals surface area contributed by atoms with Gasteiger partial charge < -0.3 is 0 Å². The van der Waals surface area contributed by atoms with Crippen molar-refractivity contribution in [2.45, 2.75) is 20.3 Å². The molecule has 47 heavy (non-hydrogen) atoms. The lowest BCUT2D eigenvalue weighted by Gasteiger charge is -2.14. The van der Waals surface area contributed by atoms with Crippen LogP contribution in [0, 0.1) is 0 Å². The molecule has 0 nitrogen and oxygen atoms in total. The Hall–Kier alpha value is -5.72. The van der Waals surface area contributed by atoms with Crippen molar-refractivity contribution in [2.24, 2.45) is 0 Å². The van der Waals surface area contributed by atoms with E-state index in [1.54, 1.807) is 0 Å². The molecular formula is C47H36. The molecule has 8 rings (SSSR count). The van der Waals surface area contributed by atoms with E-state index in [2.05, 4.69) is 184 Å². The number of hydrogen-bond acceptors (Lipinski definition) is 0. The van der Waals surface area contributed by atoms with Crippen LogP contribution in [0.1, 0.15) is 30.5 Å². The van der Waals surface area contributed by atoms with Crippen LogP contribution in [0.25, 0.3) is 71.3 Å². The van der Waals surface area contributed by atoms with Gasteiger partial charge in [-0.15, -0.1) is 0 Å². The first kappa shape index (κ1) is 28.7. The fourth-order valence-electron chi connectivity index (χ4n) is 7.05. The first-order valence-electron chi connectivity index (χ1n) is 16.5. The third-order valence-corrected chi connectivity index (χ3v) is 9.60. The summed E-state index contributed by atoms with van der Waals surface area (Å²) in [6.45, 7) is 4.29. The van der Waals surface area contributed by atoms with Crippen molar-refractivity contribution in [2.75, 3.05) is 0 Å². The quantitative estimate of drug-likeness (QED) is 0.167. The van der Waals surface area contributed by atoms with Gasteiger partial charge in [-0.3, -0.25) is 0 Å². The number of fused-ring (bicyclic) bond motifs is 6. The fourth-order valence-corrected chi connectivity index (χ4v) is 7.05. The van der Waals surface area contributed by atoms with E-state index in [4.69, 9.17) is 0 Å². The maximum absolute atomic E-state index is 2.42. The van der Waals surface area contributed by atoms with Crippen LogP contribution in [-0.2, 0) is 6.42 Å². The lowest BCUT2D eigenvalue weighted by Crippen LogP contribution is -1.93. The molecule has 0 N–H and O–H groups in total. The molecule has 0 aliphatic rings. The molecule has 0 spiro atoms. The zero-order chi connectivity index (χ0) is 31.7. The van der Waals surface area contributed by atoms with E-state index < -0.39 is 0 Å². The Balaban J connectivity index is 1.27. The fraction of sp³-hybridized carbons (Fsp3) is 0.0638. The third kappa shape index (κ3) is 5.53. The number of rotatable bonds is 6. The molecule has 224 valence electrons. The van der Waals surface area contributed by atoms with Crippen molar-refractivity contribution in [3.8, 4) is 33.4 Å². The normalized spacial score (nSPS) is 11.8. The molecule has 0 heterocycles. The van der Waals surface area contributed by atoms with Crippen LogP contribution in [0.5, 0.6) is 0 Å². The van der Waals surface area contributed by atoms with Gasteiger partial charge in [0.15, 0.2) is 0 Å². The minimum absolute atomic E-state index is 0.851. The molecule has 0 saturated heterocycles. The van der Waals surface area contributed by atoms with Crippen LogP contribution in [0.4, 0.5) is 0 Å². The molecular weight excluding hydrogens is 565 g/mol. The molecule has 0 aromatic heterocycles. The Labute approximate surface area is 277 Å². The second-order valence-corrected chi connectivity index (χ2v) is 12.6. The van der Waals surface area contributed by atoms with Gasteiger partial charge in [-0.25, -0.2) is 0 Å². The number of benzene rings is 8. The van der Waals surface area contributed by atoms with Crippen LogP contribution in [0.3, 0.4) is 0 Å². The van der Waals surface area contributed by atoms with Crippen LogP contribution < -0.4 is 0 Å². The van der Waals surface area contributed by atoms with Gasteiger partial charge in [-0.1, -0.05) is 152 Å². The van der Waals surface area contributed by atoms with E-state index in [1.165, 1.54) is 88.0 Å². The second-order valence-electron chi connectivity index (χ2n) is 12.6. The minimum Gasteiger partial charge on any atom is -0.0841 e. The Kier molecular flexibility index (Phi) is 7.48. The summed E-state index contributed by atoms with van der Waals surface area (Å²) in [5.74, 6) is 0. The Morgan fingerprint density at radius 1 is 0.383 bits per heavy atom. The number of hydrogen-bond donors (Lipinski definition) is 0. The first-order valence-corrected chi connectivity index (χ1v) is 16.5. The predicted octanol–water partition coefficient (Wildman–Crippen LogP) is 13.2. The third-order valence-electron chi connectivity index (χ3n) is 9.60. The van der Waals surface area contributed by atoms with Crippen LogP contribution in [-0.4, -0.2) is 0 Å². The second kappa shape index (κ2) is 12.2. The minimum atomic E-state index is 0.851. The van der Waals surface area contributed by atoms with Crippen molar-refractivity contribution >= 4 is 37.9 Å². The van der Waals surface area contributed by atoms with Gasteiger partial charge in [-0.2, -0.15) is 0 Å². The molecule has 0 radical (unpaired) electrons.